The molecule has 0 aliphatic carbocycles. The minimum absolute atomic E-state index is 0.0321. The van der Waals surface area contributed by atoms with Gasteiger partial charge in [-0.25, -0.2) is 8.42 Å². The lowest BCUT2D eigenvalue weighted by atomic mass is 9.95. The number of nitrogens with zero attached hydrogens (tertiary/aromatic N) is 1. The molecule has 8 nitrogen and oxygen atoms in total. The fourth-order valence-corrected chi connectivity index (χ4v) is 5.00. The molecule has 3 rings (SSSR count). The molecule has 29 heavy (non-hydrogen) atoms. The maximum absolute atomic E-state index is 13.5. The molecule has 0 aromatic heterocycles. The van der Waals surface area contributed by atoms with E-state index < -0.39 is 16.1 Å². The zero-order valence-corrected chi connectivity index (χ0v) is 17.2. The van der Waals surface area contributed by atoms with E-state index in [1.807, 2.05) is 24.3 Å². The summed E-state index contributed by atoms with van der Waals surface area (Å²) < 4.78 is 33.3. The Morgan fingerprint density at radius 1 is 1.14 bits per heavy atom. The number of methoxy groups -OCH3 is 1. The van der Waals surface area contributed by atoms with E-state index in [1.54, 1.807) is 0 Å². The first-order valence-corrected chi connectivity index (χ1v) is 10.5. The first-order valence-electron chi connectivity index (χ1n) is 9.03. The van der Waals surface area contributed by atoms with Gasteiger partial charge in [0.15, 0.2) is 0 Å². The number of carbonyl (C=O) groups excluding carboxylic acids is 2. The highest BCUT2D eigenvalue weighted by Crippen LogP contribution is 2.33. The third-order valence-electron chi connectivity index (χ3n) is 4.84. The van der Waals surface area contributed by atoms with E-state index in [2.05, 4.69) is 10.6 Å². The van der Waals surface area contributed by atoms with Gasteiger partial charge in [-0.3, -0.25) is 9.59 Å². The van der Waals surface area contributed by atoms with Crippen LogP contribution < -0.4 is 15.4 Å². The van der Waals surface area contributed by atoms with Crippen molar-refractivity contribution in [1.82, 2.24) is 9.62 Å². The average Bonchev–Trinajstić information content (AvgIpc) is 2.71. The minimum Gasteiger partial charge on any atom is -0.495 e. The molecule has 2 aromatic rings. The van der Waals surface area contributed by atoms with Crippen molar-refractivity contribution >= 4 is 27.5 Å². The number of ether oxygens (including phenoxy) is 1. The van der Waals surface area contributed by atoms with Crippen LogP contribution in [0, 0.1) is 0 Å². The summed E-state index contributed by atoms with van der Waals surface area (Å²) in [5.74, 6) is -0.391. The molecular formula is C20H23N3O5S. The quantitative estimate of drug-likeness (QED) is 0.767. The molecule has 0 fully saturated rings. The van der Waals surface area contributed by atoms with Crippen LogP contribution in [0.15, 0.2) is 47.4 Å². The van der Waals surface area contributed by atoms with E-state index in [0.29, 0.717) is 5.75 Å². The normalized spacial score (nSPS) is 16.6. The van der Waals surface area contributed by atoms with E-state index >= 15 is 0 Å². The molecule has 0 radical (unpaired) electrons. The fraction of sp³-hybridized carbons (Fsp3) is 0.300. The summed E-state index contributed by atoms with van der Waals surface area (Å²) in [5, 5.41) is 5.13. The lowest BCUT2D eigenvalue weighted by Gasteiger charge is -2.34. The number of fused-ring (bicyclic) bond motifs is 1. The number of sulfonamides is 1. The van der Waals surface area contributed by atoms with Gasteiger partial charge in [-0.2, -0.15) is 4.31 Å². The summed E-state index contributed by atoms with van der Waals surface area (Å²) in [5.41, 5.74) is 2.04. The standard InChI is InChI=1S/C20H23N3O5S/c1-13(24)22-17-11-16(8-9-19(17)28-3)29(26,27)23-12-15-7-5-4-6-14(15)10-18(23)20(25)21-2/h4-9,11,18H,10,12H2,1-3H3,(H,21,25)(H,22,24). The Balaban J connectivity index is 2.07. The summed E-state index contributed by atoms with van der Waals surface area (Å²) in [6.45, 7) is 1.40. The van der Waals surface area contributed by atoms with Crippen molar-refractivity contribution in [1.29, 1.82) is 0 Å². The van der Waals surface area contributed by atoms with E-state index in [9.17, 15) is 18.0 Å². The van der Waals surface area contributed by atoms with Gasteiger partial charge in [0.2, 0.25) is 21.8 Å². The Kier molecular flexibility index (Phi) is 5.90. The monoisotopic (exact) mass is 417 g/mol. The zero-order chi connectivity index (χ0) is 21.2. The Bertz CT molecular complexity index is 1050. The minimum atomic E-state index is -4.03. The highest BCUT2D eigenvalue weighted by atomic mass is 32.2. The third-order valence-corrected chi connectivity index (χ3v) is 6.69. The Morgan fingerprint density at radius 2 is 1.83 bits per heavy atom. The number of carbonyl (C=O) groups is 2. The van der Waals surface area contributed by atoms with Crippen molar-refractivity contribution < 1.29 is 22.7 Å². The molecule has 2 amide bonds. The van der Waals surface area contributed by atoms with Crippen LogP contribution in [0.25, 0.3) is 0 Å². The van der Waals surface area contributed by atoms with Crippen LogP contribution in [-0.2, 0) is 32.6 Å². The summed E-state index contributed by atoms with van der Waals surface area (Å²) in [6.07, 6.45) is 0.282. The number of rotatable bonds is 5. The van der Waals surface area contributed by atoms with Crippen molar-refractivity contribution in [2.45, 2.75) is 30.8 Å². The van der Waals surface area contributed by atoms with Gasteiger partial charge in [0.05, 0.1) is 17.7 Å². The molecule has 1 unspecified atom stereocenters. The van der Waals surface area contributed by atoms with Crippen molar-refractivity contribution in [2.24, 2.45) is 0 Å². The second kappa shape index (κ2) is 8.22. The van der Waals surface area contributed by atoms with Crippen molar-refractivity contribution in [3.8, 4) is 5.75 Å². The fourth-order valence-electron chi connectivity index (χ4n) is 3.41. The van der Waals surface area contributed by atoms with Crippen LogP contribution in [0.1, 0.15) is 18.1 Å². The number of likely N-dealkylation sites (N-methyl/N-ethyl adjacent to an activating group) is 1. The number of anilines is 1. The van der Waals surface area contributed by atoms with Crippen LogP contribution >= 0.6 is 0 Å². The topological polar surface area (TPSA) is 105 Å². The molecule has 1 aliphatic rings. The smallest absolute Gasteiger partial charge is 0.244 e. The van der Waals surface area contributed by atoms with E-state index in [-0.39, 0.29) is 35.4 Å². The highest BCUT2D eigenvalue weighted by molar-refractivity contribution is 7.89. The molecule has 9 heteroatoms. The van der Waals surface area contributed by atoms with E-state index in [4.69, 9.17) is 4.74 Å². The number of hydrogen-bond donors (Lipinski definition) is 2. The molecule has 1 atom stereocenters. The van der Waals surface area contributed by atoms with Gasteiger partial charge < -0.3 is 15.4 Å². The van der Waals surface area contributed by atoms with Crippen LogP contribution in [-0.4, -0.2) is 44.7 Å². The average molecular weight is 417 g/mol. The van der Waals surface area contributed by atoms with Gasteiger partial charge in [0, 0.05) is 20.5 Å². The Labute approximate surface area is 169 Å². The lowest BCUT2D eigenvalue weighted by Crippen LogP contribution is -2.51. The van der Waals surface area contributed by atoms with Crippen molar-refractivity contribution in [2.75, 3.05) is 19.5 Å². The SMILES string of the molecule is CNC(=O)C1Cc2ccccc2CN1S(=O)(=O)c1ccc(OC)c(NC(C)=O)c1. The zero-order valence-electron chi connectivity index (χ0n) is 16.4. The van der Waals surface area contributed by atoms with Crippen molar-refractivity contribution in [3.63, 3.8) is 0 Å². The van der Waals surface area contributed by atoms with E-state index in [0.717, 1.165) is 11.1 Å². The second-order valence-corrected chi connectivity index (χ2v) is 8.59. The van der Waals surface area contributed by atoms with Gasteiger partial charge in [-0.15, -0.1) is 0 Å². The van der Waals surface area contributed by atoms with Gasteiger partial charge in [0.25, 0.3) is 0 Å². The molecule has 2 N–H and O–H groups in total. The van der Waals surface area contributed by atoms with Crippen LogP contribution in [0.5, 0.6) is 5.75 Å². The maximum Gasteiger partial charge on any atom is 0.244 e. The molecule has 0 saturated heterocycles. The van der Waals surface area contributed by atoms with Gasteiger partial charge in [-0.05, 0) is 35.7 Å². The number of amides is 2. The van der Waals surface area contributed by atoms with Gasteiger partial charge >= 0.3 is 0 Å². The maximum atomic E-state index is 13.5. The second-order valence-electron chi connectivity index (χ2n) is 6.70. The predicted octanol–water partition coefficient (Wildman–Crippen LogP) is 1.52. The van der Waals surface area contributed by atoms with Crippen LogP contribution in [0.2, 0.25) is 0 Å². The first-order chi connectivity index (χ1) is 13.8. The molecule has 1 aliphatic heterocycles. The molecule has 0 spiro atoms. The van der Waals surface area contributed by atoms with Crippen LogP contribution in [0.4, 0.5) is 5.69 Å². The number of hydrogen-bond acceptors (Lipinski definition) is 5. The molecule has 154 valence electrons. The predicted molar refractivity (Wildman–Crippen MR) is 108 cm³/mol. The van der Waals surface area contributed by atoms with Crippen LogP contribution in [0.3, 0.4) is 0 Å². The molecule has 0 bridgehead atoms. The summed E-state index contributed by atoms with van der Waals surface area (Å²) >= 11 is 0. The number of nitrogens with one attached hydrogen (secondary N) is 2. The molecule has 1 heterocycles. The third kappa shape index (κ3) is 4.10. The van der Waals surface area contributed by atoms with Crippen molar-refractivity contribution in [3.05, 3.63) is 53.6 Å². The lowest BCUT2D eigenvalue weighted by molar-refractivity contribution is -0.124. The summed E-state index contributed by atoms with van der Waals surface area (Å²) in [7, 11) is -1.12. The largest absolute Gasteiger partial charge is 0.495 e. The molecule has 0 saturated carbocycles. The summed E-state index contributed by atoms with van der Waals surface area (Å²) in [4.78, 5) is 23.9. The number of benzene rings is 2. The van der Waals surface area contributed by atoms with Gasteiger partial charge in [-0.1, -0.05) is 24.3 Å². The molecule has 2 aromatic carbocycles. The summed E-state index contributed by atoms with van der Waals surface area (Å²) in [6, 6.07) is 10.8. The Morgan fingerprint density at radius 3 is 2.45 bits per heavy atom. The Hall–Kier alpha value is -2.91. The first kappa shape index (κ1) is 20.8. The van der Waals surface area contributed by atoms with E-state index in [1.165, 1.54) is 43.6 Å². The van der Waals surface area contributed by atoms with Gasteiger partial charge in [0.1, 0.15) is 11.8 Å². The highest BCUT2D eigenvalue weighted by Gasteiger charge is 2.39. The molecular weight excluding hydrogens is 394 g/mol.